The molecule has 1 aromatic heterocycles. The van der Waals surface area contributed by atoms with E-state index in [9.17, 15) is 5.11 Å². The minimum Gasteiger partial charge on any atom is -1.00 e. The molecule has 0 bridgehead atoms. The first-order valence-corrected chi connectivity index (χ1v) is 8.45. The molecule has 148 valence electrons. The molecule has 0 fully saturated rings. The maximum absolute atomic E-state index is 10.1. The van der Waals surface area contributed by atoms with Gasteiger partial charge in [-0.2, -0.15) is 0 Å². The Morgan fingerprint density at radius 2 is 1.92 bits per heavy atom. The molecule has 1 unspecified atom stereocenters. The van der Waals surface area contributed by atoms with Crippen molar-refractivity contribution in [2.24, 2.45) is 0 Å². The van der Waals surface area contributed by atoms with Crippen LogP contribution in [0.15, 0.2) is 43.0 Å². The van der Waals surface area contributed by atoms with Gasteiger partial charge in [-0.15, -0.1) is 0 Å². The van der Waals surface area contributed by atoms with Crippen LogP contribution in [-0.2, 0) is 13.1 Å². The van der Waals surface area contributed by atoms with E-state index in [4.69, 9.17) is 5.73 Å². The molecule has 1 atom stereocenters. The Hall–Kier alpha value is -1.47. The number of hydrogen-bond acceptors (Lipinski definition) is 3. The van der Waals surface area contributed by atoms with Gasteiger partial charge in [-0.05, 0) is 12.1 Å². The van der Waals surface area contributed by atoms with Crippen molar-refractivity contribution in [1.29, 1.82) is 0 Å². The monoisotopic (exact) mass is 403 g/mol. The maximum atomic E-state index is 10.1. The number of nitrogen functional groups attached to an aromatic ring is 1. The van der Waals surface area contributed by atoms with Gasteiger partial charge in [-0.3, -0.25) is 0 Å². The second-order valence-corrected chi connectivity index (χ2v) is 7.34. The third-order valence-corrected chi connectivity index (χ3v) is 3.80. The first-order chi connectivity index (χ1) is 11.3. The molecular formula is C18H31Cl2N5O. The lowest BCUT2D eigenvalue weighted by Crippen LogP contribution is -3.00. The number of aromatic nitrogens is 2. The zero-order valence-corrected chi connectivity index (χ0v) is 17.3. The molecule has 1 heterocycles. The summed E-state index contributed by atoms with van der Waals surface area (Å²) in [6, 6.07) is 7.81. The number of nitrogens with two attached hydrogens (primary N) is 1. The summed E-state index contributed by atoms with van der Waals surface area (Å²) in [6.45, 7) is 3.16. The smallest absolute Gasteiger partial charge is 0.243 e. The zero-order valence-electron chi connectivity index (χ0n) is 15.8. The number of para-hydroxylation sites is 2. The van der Waals surface area contributed by atoms with E-state index in [-0.39, 0.29) is 30.9 Å². The number of halogens is 2. The standard InChI is InChI=1S/C18H31N5O.2ClH/c1-23(2,3)14-16(24)13-22-12-11-21(15-22)10-6-9-20-18-8-5-4-7-17(18)19;;/h4-5,7-8,11-12,15-16,20,24H,6,9-10,13-14,19H2,1-3H3;2*1H/q+2;;/p-2. The van der Waals surface area contributed by atoms with Crippen molar-refractivity contribution in [3.05, 3.63) is 43.0 Å². The fourth-order valence-electron chi connectivity index (χ4n) is 2.76. The minimum absolute atomic E-state index is 0. The predicted molar refractivity (Wildman–Crippen MR) is 97.5 cm³/mol. The number of nitrogens with one attached hydrogen (secondary N) is 1. The second kappa shape index (κ2) is 11.3. The molecule has 0 spiro atoms. The first kappa shape index (κ1) is 24.5. The van der Waals surface area contributed by atoms with Crippen molar-refractivity contribution in [1.82, 2.24) is 4.57 Å². The summed E-state index contributed by atoms with van der Waals surface area (Å²) in [4.78, 5) is 0. The molecule has 26 heavy (non-hydrogen) atoms. The summed E-state index contributed by atoms with van der Waals surface area (Å²) in [7, 11) is 6.27. The Bertz CT molecular complexity index is 643. The summed E-state index contributed by atoms with van der Waals surface area (Å²) in [5.74, 6) is 0. The van der Waals surface area contributed by atoms with Crippen molar-refractivity contribution < 1.29 is 39.0 Å². The Labute approximate surface area is 169 Å². The summed E-state index contributed by atoms with van der Waals surface area (Å²) in [6.07, 6.45) is 6.78. The highest BCUT2D eigenvalue weighted by molar-refractivity contribution is 5.65. The lowest BCUT2D eigenvalue weighted by molar-refractivity contribution is -0.877. The van der Waals surface area contributed by atoms with Crippen LogP contribution in [0.1, 0.15) is 6.42 Å². The number of rotatable bonds is 9. The van der Waals surface area contributed by atoms with Crippen LogP contribution in [0.3, 0.4) is 0 Å². The SMILES string of the molecule is C[N+](C)(C)CC(O)C[n+]1ccn(CCCNc2ccccc2N)c1.[Cl-].[Cl-]. The van der Waals surface area contributed by atoms with Gasteiger partial charge in [-0.25, -0.2) is 9.13 Å². The summed E-state index contributed by atoms with van der Waals surface area (Å²) in [5.41, 5.74) is 7.68. The zero-order chi connectivity index (χ0) is 17.6. The predicted octanol–water partition coefficient (Wildman–Crippen LogP) is -5.06. The molecule has 8 heteroatoms. The number of hydrogen-bond donors (Lipinski definition) is 3. The minimum atomic E-state index is -0.339. The van der Waals surface area contributed by atoms with Gasteiger partial charge in [0.2, 0.25) is 6.33 Å². The van der Waals surface area contributed by atoms with Gasteiger partial charge in [0.1, 0.15) is 31.6 Å². The summed E-state index contributed by atoms with van der Waals surface area (Å²) < 4.78 is 4.95. The number of aliphatic hydroxyl groups is 1. The average molecular weight is 404 g/mol. The third-order valence-electron chi connectivity index (χ3n) is 3.80. The van der Waals surface area contributed by atoms with Gasteiger partial charge >= 0.3 is 0 Å². The van der Waals surface area contributed by atoms with E-state index in [0.29, 0.717) is 6.54 Å². The highest BCUT2D eigenvalue weighted by atomic mass is 35.5. The average Bonchev–Trinajstić information content (AvgIpc) is 2.90. The molecule has 0 aliphatic rings. The van der Waals surface area contributed by atoms with Crippen LogP contribution < -0.4 is 40.4 Å². The lowest BCUT2D eigenvalue weighted by Gasteiger charge is -2.25. The van der Waals surface area contributed by atoms with E-state index in [1.54, 1.807) is 0 Å². The number of aryl methyl sites for hydroxylation is 1. The van der Waals surface area contributed by atoms with Crippen molar-refractivity contribution in [3.8, 4) is 0 Å². The molecule has 0 radical (unpaired) electrons. The first-order valence-electron chi connectivity index (χ1n) is 8.45. The topological polar surface area (TPSA) is 67.1 Å². The molecule has 0 aliphatic heterocycles. The van der Waals surface area contributed by atoms with Gasteiger partial charge in [0.15, 0.2) is 0 Å². The molecular weight excluding hydrogens is 373 g/mol. The molecule has 2 aromatic rings. The van der Waals surface area contributed by atoms with Crippen LogP contribution in [0, 0.1) is 0 Å². The molecule has 0 amide bonds. The fraction of sp³-hybridized carbons (Fsp3) is 0.500. The van der Waals surface area contributed by atoms with Crippen molar-refractivity contribution in [2.75, 3.05) is 45.3 Å². The van der Waals surface area contributed by atoms with Crippen LogP contribution >= 0.6 is 0 Å². The number of aliphatic hydroxyl groups excluding tert-OH is 1. The molecule has 2 rings (SSSR count). The molecule has 0 aliphatic carbocycles. The quantitative estimate of drug-likeness (QED) is 0.170. The Kier molecular flexibility index (Phi) is 10.6. The number of imidazole rings is 1. The number of quaternary nitrogens is 1. The highest BCUT2D eigenvalue weighted by Gasteiger charge is 2.18. The fourth-order valence-corrected chi connectivity index (χ4v) is 2.76. The molecule has 1 aromatic carbocycles. The molecule has 0 saturated carbocycles. The normalized spacial score (nSPS) is 12.0. The van der Waals surface area contributed by atoms with Gasteiger partial charge in [0.05, 0.1) is 39.1 Å². The number of likely N-dealkylation sites (N-methyl/N-ethyl adjacent to an activating group) is 1. The van der Waals surface area contributed by atoms with Gasteiger partial charge < -0.3 is 45.5 Å². The van der Waals surface area contributed by atoms with E-state index >= 15 is 0 Å². The maximum Gasteiger partial charge on any atom is 0.243 e. The Balaban J connectivity index is 0.00000312. The van der Waals surface area contributed by atoms with Crippen LogP contribution in [0.4, 0.5) is 11.4 Å². The van der Waals surface area contributed by atoms with Crippen LogP contribution in [0.5, 0.6) is 0 Å². The van der Waals surface area contributed by atoms with Crippen molar-refractivity contribution >= 4 is 11.4 Å². The second-order valence-electron chi connectivity index (χ2n) is 7.34. The van der Waals surface area contributed by atoms with Crippen LogP contribution in [-0.4, -0.2) is 54.5 Å². The number of anilines is 2. The Morgan fingerprint density at radius 1 is 1.23 bits per heavy atom. The van der Waals surface area contributed by atoms with E-state index < -0.39 is 0 Å². The van der Waals surface area contributed by atoms with E-state index in [1.165, 1.54) is 0 Å². The largest absolute Gasteiger partial charge is 1.00 e. The lowest BCUT2D eigenvalue weighted by atomic mass is 10.2. The highest BCUT2D eigenvalue weighted by Crippen LogP contribution is 2.16. The Morgan fingerprint density at radius 3 is 2.58 bits per heavy atom. The third kappa shape index (κ3) is 8.76. The van der Waals surface area contributed by atoms with Crippen LogP contribution in [0.2, 0.25) is 0 Å². The van der Waals surface area contributed by atoms with Gasteiger partial charge in [0.25, 0.3) is 0 Å². The van der Waals surface area contributed by atoms with Crippen molar-refractivity contribution in [2.45, 2.75) is 25.6 Å². The van der Waals surface area contributed by atoms with E-state index in [2.05, 4.69) is 43.6 Å². The molecule has 4 N–H and O–H groups in total. The van der Waals surface area contributed by atoms with Crippen LogP contribution in [0.25, 0.3) is 0 Å². The van der Waals surface area contributed by atoms with Gasteiger partial charge in [0, 0.05) is 13.0 Å². The van der Waals surface area contributed by atoms with E-state index in [1.807, 2.05) is 35.0 Å². The number of benzene rings is 1. The molecule has 0 saturated heterocycles. The van der Waals surface area contributed by atoms with E-state index in [0.717, 1.165) is 41.9 Å². The summed E-state index contributed by atoms with van der Waals surface area (Å²) >= 11 is 0. The van der Waals surface area contributed by atoms with Crippen molar-refractivity contribution in [3.63, 3.8) is 0 Å². The molecule has 6 nitrogen and oxygen atoms in total. The summed E-state index contributed by atoms with van der Waals surface area (Å²) in [5, 5.41) is 13.5. The number of nitrogens with zero attached hydrogens (tertiary/aromatic N) is 3. The van der Waals surface area contributed by atoms with Gasteiger partial charge in [-0.1, -0.05) is 12.1 Å².